The first-order chi connectivity index (χ1) is 6.52. The number of hydrogen-bond acceptors (Lipinski definition) is 1. The predicted octanol–water partition coefficient (Wildman–Crippen LogP) is 3.90. The molecule has 0 heterocycles. The second kappa shape index (κ2) is 7.54. The van der Waals surface area contributed by atoms with E-state index in [9.17, 15) is 4.79 Å². The van der Waals surface area contributed by atoms with Crippen molar-refractivity contribution in [2.24, 2.45) is 5.92 Å². The molecule has 0 amide bonds. The Labute approximate surface area is 87.9 Å². The van der Waals surface area contributed by atoms with E-state index < -0.39 is 0 Å². The summed E-state index contributed by atoms with van der Waals surface area (Å²) in [5, 5.41) is 0. The highest BCUT2D eigenvalue weighted by Gasteiger charge is 1.96. The van der Waals surface area contributed by atoms with Crippen molar-refractivity contribution >= 4 is 5.78 Å². The van der Waals surface area contributed by atoms with E-state index in [1.54, 1.807) is 6.92 Å². The summed E-state index contributed by atoms with van der Waals surface area (Å²) < 4.78 is 0. The Kier molecular flexibility index (Phi) is 7.09. The Balaban J connectivity index is 3.51. The van der Waals surface area contributed by atoms with E-state index in [0.29, 0.717) is 12.3 Å². The summed E-state index contributed by atoms with van der Waals surface area (Å²) in [4.78, 5) is 10.7. The topological polar surface area (TPSA) is 17.1 Å². The van der Waals surface area contributed by atoms with Crippen molar-refractivity contribution in [3.05, 3.63) is 24.3 Å². The van der Waals surface area contributed by atoms with Gasteiger partial charge in [0.2, 0.25) is 0 Å². The number of rotatable bonds is 7. The van der Waals surface area contributed by atoms with Gasteiger partial charge in [0.1, 0.15) is 5.78 Å². The van der Waals surface area contributed by atoms with Gasteiger partial charge in [-0.05, 0) is 32.1 Å². The molecule has 0 aromatic heterocycles. The Morgan fingerprint density at radius 3 is 2.50 bits per heavy atom. The minimum atomic E-state index is 0.274. The van der Waals surface area contributed by atoms with Crippen molar-refractivity contribution in [1.29, 1.82) is 0 Å². The van der Waals surface area contributed by atoms with Crippen molar-refractivity contribution in [3.8, 4) is 0 Å². The zero-order valence-corrected chi connectivity index (χ0v) is 9.68. The predicted molar refractivity (Wildman–Crippen MR) is 62.3 cm³/mol. The molecular weight excluding hydrogens is 172 g/mol. The molecule has 0 aliphatic rings. The lowest BCUT2D eigenvalue weighted by Crippen LogP contribution is -1.90. The van der Waals surface area contributed by atoms with E-state index in [1.807, 2.05) is 0 Å². The molecule has 0 aromatic carbocycles. The number of Topliss-reactive ketones (excluding diaryl/α,β-unsaturated/α-hetero) is 1. The molecule has 1 nitrogen and oxygen atoms in total. The maximum atomic E-state index is 10.7. The molecule has 0 saturated carbocycles. The number of ketones is 1. The molecule has 80 valence electrons. The van der Waals surface area contributed by atoms with Gasteiger partial charge >= 0.3 is 0 Å². The van der Waals surface area contributed by atoms with E-state index in [4.69, 9.17) is 0 Å². The molecule has 0 N–H and O–H groups in total. The molecule has 0 aliphatic carbocycles. The van der Waals surface area contributed by atoms with Gasteiger partial charge in [0.05, 0.1) is 0 Å². The Bertz CT molecular complexity index is 211. The highest BCUT2D eigenvalue weighted by Crippen LogP contribution is 2.10. The normalized spacial score (nSPS) is 11.1. The molecule has 0 bridgehead atoms. The van der Waals surface area contributed by atoms with Gasteiger partial charge in [-0.1, -0.05) is 38.2 Å². The number of carbonyl (C=O) groups is 1. The smallest absolute Gasteiger partial charge is 0.129 e. The van der Waals surface area contributed by atoms with Crippen LogP contribution in [-0.2, 0) is 4.79 Å². The number of allylic oxidation sites excluding steroid dienone is 3. The lowest BCUT2D eigenvalue weighted by molar-refractivity contribution is -0.117. The molecule has 0 spiro atoms. The third-order valence-electron chi connectivity index (χ3n) is 1.99. The fourth-order valence-corrected chi connectivity index (χ4v) is 1.20. The first-order valence-electron chi connectivity index (χ1n) is 5.35. The van der Waals surface area contributed by atoms with Crippen LogP contribution in [-0.4, -0.2) is 5.78 Å². The van der Waals surface area contributed by atoms with Crippen LogP contribution < -0.4 is 0 Å². The van der Waals surface area contributed by atoms with Crippen LogP contribution in [0.1, 0.15) is 46.5 Å². The van der Waals surface area contributed by atoms with Crippen molar-refractivity contribution in [2.75, 3.05) is 0 Å². The molecule has 0 rings (SSSR count). The van der Waals surface area contributed by atoms with Crippen LogP contribution in [0.5, 0.6) is 0 Å². The molecule has 0 fully saturated rings. The largest absolute Gasteiger partial charge is 0.300 e. The zero-order chi connectivity index (χ0) is 11.0. The highest BCUT2D eigenvalue weighted by molar-refractivity contribution is 5.75. The quantitative estimate of drug-likeness (QED) is 0.562. The summed E-state index contributed by atoms with van der Waals surface area (Å²) in [6.45, 7) is 9.95. The van der Waals surface area contributed by atoms with Gasteiger partial charge in [0, 0.05) is 6.42 Å². The van der Waals surface area contributed by atoms with E-state index >= 15 is 0 Å². The van der Waals surface area contributed by atoms with Crippen molar-refractivity contribution in [2.45, 2.75) is 46.5 Å². The standard InChI is InChI=1S/C13H22O/c1-11(2)7-5-8-12(3)9-6-10-13(4)14/h5,7,11H,3,6,8-10H2,1-2,4H3. The summed E-state index contributed by atoms with van der Waals surface area (Å²) in [7, 11) is 0. The van der Waals surface area contributed by atoms with Crippen LogP contribution in [0.25, 0.3) is 0 Å². The number of carbonyl (C=O) groups excluding carboxylic acids is 1. The van der Waals surface area contributed by atoms with Crippen LogP contribution >= 0.6 is 0 Å². The molecule has 14 heavy (non-hydrogen) atoms. The van der Waals surface area contributed by atoms with Gasteiger partial charge in [0.25, 0.3) is 0 Å². The van der Waals surface area contributed by atoms with Crippen molar-refractivity contribution in [1.82, 2.24) is 0 Å². The van der Waals surface area contributed by atoms with E-state index in [0.717, 1.165) is 19.3 Å². The van der Waals surface area contributed by atoms with Gasteiger partial charge in [-0.15, -0.1) is 0 Å². The zero-order valence-electron chi connectivity index (χ0n) is 9.68. The first-order valence-corrected chi connectivity index (χ1v) is 5.35. The maximum Gasteiger partial charge on any atom is 0.129 e. The molecular formula is C13H22O. The van der Waals surface area contributed by atoms with Crippen LogP contribution in [0.3, 0.4) is 0 Å². The van der Waals surface area contributed by atoms with Crippen molar-refractivity contribution < 1.29 is 4.79 Å². The SMILES string of the molecule is C=C(CC=CC(C)C)CCCC(C)=O. The van der Waals surface area contributed by atoms with Gasteiger partial charge in [-0.25, -0.2) is 0 Å². The minimum absolute atomic E-state index is 0.274. The third-order valence-corrected chi connectivity index (χ3v) is 1.99. The minimum Gasteiger partial charge on any atom is -0.300 e. The molecule has 0 aliphatic heterocycles. The maximum absolute atomic E-state index is 10.7. The first kappa shape index (κ1) is 13.2. The lowest BCUT2D eigenvalue weighted by Gasteiger charge is -2.01. The Hall–Kier alpha value is -0.850. The molecule has 0 saturated heterocycles. The fraction of sp³-hybridized carbons (Fsp3) is 0.615. The average Bonchev–Trinajstić information content (AvgIpc) is 2.02. The van der Waals surface area contributed by atoms with Crippen LogP contribution in [0, 0.1) is 5.92 Å². The van der Waals surface area contributed by atoms with Gasteiger partial charge < -0.3 is 4.79 Å². The second-order valence-electron chi connectivity index (χ2n) is 4.18. The van der Waals surface area contributed by atoms with Gasteiger partial charge in [0.15, 0.2) is 0 Å². The van der Waals surface area contributed by atoms with Crippen LogP contribution in [0.4, 0.5) is 0 Å². The van der Waals surface area contributed by atoms with Crippen LogP contribution in [0.2, 0.25) is 0 Å². The molecule has 0 unspecified atom stereocenters. The van der Waals surface area contributed by atoms with Crippen LogP contribution in [0.15, 0.2) is 24.3 Å². The van der Waals surface area contributed by atoms with E-state index in [1.165, 1.54) is 5.57 Å². The van der Waals surface area contributed by atoms with E-state index in [-0.39, 0.29) is 5.78 Å². The summed E-state index contributed by atoms with van der Waals surface area (Å²) in [6, 6.07) is 0. The average molecular weight is 194 g/mol. The van der Waals surface area contributed by atoms with Gasteiger partial charge in [-0.2, -0.15) is 0 Å². The summed E-state index contributed by atoms with van der Waals surface area (Å²) in [5.41, 5.74) is 1.23. The Morgan fingerprint density at radius 2 is 2.00 bits per heavy atom. The van der Waals surface area contributed by atoms with Gasteiger partial charge in [-0.3, -0.25) is 0 Å². The monoisotopic (exact) mass is 194 g/mol. The number of hydrogen-bond donors (Lipinski definition) is 0. The van der Waals surface area contributed by atoms with E-state index in [2.05, 4.69) is 32.6 Å². The fourth-order valence-electron chi connectivity index (χ4n) is 1.20. The molecule has 0 aromatic rings. The molecule has 0 atom stereocenters. The summed E-state index contributed by atoms with van der Waals surface area (Å²) in [5.74, 6) is 0.885. The summed E-state index contributed by atoms with van der Waals surface area (Å²) in [6.07, 6.45) is 7.92. The summed E-state index contributed by atoms with van der Waals surface area (Å²) >= 11 is 0. The lowest BCUT2D eigenvalue weighted by atomic mass is 10.0. The third kappa shape index (κ3) is 9.24. The second-order valence-corrected chi connectivity index (χ2v) is 4.18. The molecule has 1 heteroatoms. The molecule has 0 radical (unpaired) electrons. The van der Waals surface area contributed by atoms with Crippen molar-refractivity contribution in [3.63, 3.8) is 0 Å². The Morgan fingerprint density at radius 1 is 1.36 bits per heavy atom. The highest BCUT2D eigenvalue weighted by atomic mass is 16.1.